The molecule has 9 nitrogen and oxygen atoms in total. The molecule has 9 heteroatoms. The van der Waals surface area contributed by atoms with E-state index in [9.17, 15) is 4.79 Å². The van der Waals surface area contributed by atoms with Crippen molar-refractivity contribution in [1.29, 1.82) is 0 Å². The Morgan fingerprint density at radius 1 is 0.933 bits per heavy atom. The fourth-order valence-corrected chi connectivity index (χ4v) is 7.55. The number of hydrogen-bond donors (Lipinski definition) is 0. The standard InChI is InChI=1S/C36H45N5O4/c1-3-45-35-30(34(43-2)37-33(38-35)27-14-15-27)22-39-20-29-21-40(36(42)28-16-19-44-24-28)17-18-41(29)31(23-39)32(25-10-6-4-7-11-25)26-12-8-5-9-13-26/h4-13,27-29,31-32H,3,14-24H2,1-2H3. The van der Waals surface area contributed by atoms with Gasteiger partial charge in [-0.15, -0.1) is 0 Å². The fraction of sp³-hybridized carbons (Fsp3) is 0.528. The smallest absolute Gasteiger partial charge is 0.228 e. The van der Waals surface area contributed by atoms with E-state index in [-0.39, 0.29) is 29.8 Å². The number of methoxy groups -OCH3 is 1. The number of rotatable bonds is 10. The maximum Gasteiger partial charge on any atom is 0.228 e. The molecule has 3 aliphatic heterocycles. The zero-order valence-corrected chi connectivity index (χ0v) is 26.5. The lowest BCUT2D eigenvalue weighted by Gasteiger charge is -2.53. The molecule has 1 saturated carbocycles. The molecule has 1 aliphatic carbocycles. The van der Waals surface area contributed by atoms with Crippen molar-refractivity contribution in [2.75, 3.05) is 59.7 Å². The molecule has 4 heterocycles. The normalized spacial score (nSPS) is 24.1. The molecular weight excluding hydrogens is 566 g/mol. The number of benzene rings is 2. The van der Waals surface area contributed by atoms with Gasteiger partial charge in [0.05, 0.1) is 31.8 Å². The van der Waals surface area contributed by atoms with Crippen LogP contribution in [-0.2, 0) is 16.1 Å². The quantitative estimate of drug-likeness (QED) is 0.335. The minimum atomic E-state index is -0.0198. The van der Waals surface area contributed by atoms with Gasteiger partial charge in [-0.1, -0.05) is 60.7 Å². The van der Waals surface area contributed by atoms with Gasteiger partial charge < -0.3 is 19.1 Å². The van der Waals surface area contributed by atoms with Gasteiger partial charge in [0.1, 0.15) is 5.82 Å². The zero-order chi connectivity index (χ0) is 30.8. The Morgan fingerprint density at radius 3 is 2.27 bits per heavy atom. The van der Waals surface area contributed by atoms with Crippen LogP contribution in [0.3, 0.4) is 0 Å². The van der Waals surface area contributed by atoms with E-state index < -0.39 is 0 Å². The summed E-state index contributed by atoms with van der Waals surface area (Å²) in [7, 11) is 1.69. The zero-order valence-electron chi connectivity index (χ0n) is 26.5. The Labute approximate surface area is 266 Å². The molecule has 45 heavy (non-hydrogen) atoms. The first-order valence-electron chi connectivity index (χ1n) is 16.6. The lowest BCUT2D eigenvalue weighted by Crippen LogP contribution is -2.67. The van der Waals surface area contributed by atoms with Gasteiger partial charge >= 0.3 is 0 Å². The van der Waals surface area contributed by atoms with E-state index in [0.717, 1.165) is 56.8 Å². The second-order valence-corrected chi connectivity index (χ2v) is 12.9. The summed E-state index contributed by atoms with van der Waals surface area (Å²) >= 11 is 0. The predicted molar refractivity (Wildman–Crippen MR) is 172 cm³/mol. The van der Waals surface area contributed by atoms with Crippen LogP contribution in [0.2, 0.25) is 0 Å². The lowest BCUT2D eigenvalue weighted by atomic mass is 9.81. The highest BCUT2D eigenvalue weighted by Crippen LogP contribution is 2.41. The van der Waals surface area contributed by atoms with Crippen LogP contribution in [-0.4, -0.2) is 102 Å². The highest BCUT2D eigenvalue weighted by Gasteiger charge is 2.44. The minimum Gasteiger partial charge on any atom is -0.481 e. The van der Waals surface area contributed by atoms with Crippen LogP contribution in [0.25, 0.3) is 0 Å². The van der Waals surface area contributed by atoms with Crippen LogP contribution in [0.15, 0.2) is 60.7 Å². The Bertz CT molecular complexity index is 1410. The largest absolute Gasteiger partial charge is 0.481 e. The van der Waals surface area contributed by atoms with Crippen molar-refractivity contribution in [3.05, 3.63) is 83.2 Å². The summed E-state index contributed by atoms with van der Waals surface area (Å²) < 4.78 is 17.6. The number of aromatic nitrogens is 2. The van der Waals surface area contributed by atoms with E-state index in [2.05, 4.69) is 75.4 Å². The molecule has 7 rings (SSSR count). The molecule has 4 fully saturated rings. The topological polar surface area (TPSA) is 80.3 Å². The summed E-state index contributed by atoms with van der Waals surface area (Å²) in [6, 6.07) is 22.2. The van der Waals surface area contributed by atoms with Gasteiger partial charge in [0.25, 0.3) is 0 Å². The van der Waals surface area contributed by atoms with Gasteiger partial charge in [-0.2, -0.15) is 9.97 Å². The van der Waals surface area contributed by atoms with Crippen molar-refractivity contribution in [3.8, 4) is 11.8 Å². The van der Waals surface area contributed by atoms with E-state index in [4.69, 9.17) is 24.2 Å². The first-order chi connectivity index (χ1) is 22.1. The first kappa shape index (κ1) is 30.1. The van der Waals surface area contributed by atoms with Gasteiger partial charge in [-0.3, -0.25) is 14.6 Å². The maximum absolute atomic E-state index is 13.6. The summed E-state index contributed by atoms with van der Waals surface area (Å²) in [5, 5.41) is 0. The molecule has 3 aromatic rings. The maximum atomic E-state index is 13.6. The van der Waals surface area contributed by atoms with Gasteiger partial charge in [0.2, 0.25) is 17.7 Å². The first-order valence-corrected chi connectivity index (χ1v) is 16.6. The Kier molecular flexibility index (Phi) is 9.01. The summed E-state index contributed by atoms with van der Waals surface area (Å²) in [6.45, 7) is 8.36. The molecule has 1 amide bonds. The summed E-state index contributed by atoms with van der Waals surface area (Å²) in [4.78, 5) is 30.6. The third kappa shape index (κ3) is 6.44. The van der Waals surface area contributed by atoms with Gasteiger partial charge in [0.15, 0.2) is 0 Å². The summed E-state index contributed by atoms with van der Waals surface area (Å²) in [6.07, 6.45) is 3.04. The van der Waals surface area contributed by atoms with E-state index in [1.165, 1.54) is 11.1 Å². The molecule has 0 N–H and O–H groups in total. The van der Waals surface area contributed by atoms with Crippen LogP contribution >= 0.6 is 0 Å². The molecule has 2 aromatic carbocycles. The average molecular weight is 612 g/mol. The Hall–Kier alpha value is -3.53. The van der Waals surface area contributed by atoms with E-state index in [1.54, 1.807) is 7.11 Å². The van der Waals surface area contributed by atoms with Crippen molar-refractivity contribution < 1.29 is 19.0 Å². The van der Waals surface area contributed by atoms with E-state index >= 15 is 0 Å². The van der Waals surface area contributed by atoms with Crippen molar-refractivity contribution in [2.45, 2.75) is 56.7 Å². The highest BCUT2D eigenvalue weighted by atomic mass is 16.5. The molecule has 3 saturated heterocycles. The second-order valence-electron chi connectivity index (χ2n) is 12.9. The third-order valence-corrected chi connectivity index (χ3v) is 9.91. The number of fused-ring (bicyclic) bond motifs is 1. The molecule has 3 unspecified atom stereocenters. The molecule has 0 bridgehead atoms. The Morgan fingerprint density at radius 2 is 1.64 bits per heavy atom. The Balaban J connectivity index is 1.24. The number of amides is 1. The molecule has 3 atom stereocenters. The minimum absolute atomic E-state index is 0.0198. The molecule has 4 aliphatic rings. The summed E-state index contributed by atoms with van der Waals surface area (Å²) in [5.74, 6) is 2.86. The van der Waals surface area contributed by atoms with Crippen LogP contribution in [0.5, 0.6) is 11.8 Å². The fourth-order valence-electron chi connectivity index (χ4n) is 7.55. The van der Waals surface area contributed by atoms with Crippen molar-refractivity contribution in [3.63, 3.8) is 0 Å². The molecule has 0 spiro atoms. The second kappa shape index (κ2) is 13.4. The molecular formula is C36H45N5O4. The van der Waals surface area contributed by atoms with Crippen molar-refractivity contribution >= 4 is 5.91 Å². The van der Waals surface area contributed by atoms with Crippen molar-refractivity contribution in [2.24, 2.45) is 5.92 Å². The van der Waals surface area contributed by atoms with Crippen molar-refractivity contribution in [1.82, 2.24) is 24.7 Å². The van der Waals surface area contributed by atoms with E-state index in [0.29, 0.717) is 50.6 Å². The SMILES string of the molecule is CCOc1nc(C2CC2)nc(OC)c1CN1CC2CN(C(=O)C3CCOC3)CCN2C(C(c2ccccc2)c2ccccc2)C1. The number of ether oxygens (including phenoxy) is 3. The van der Waals surface area contributed by atoms with Gasteiger partial charge in [0, 0.05) is 69.8 Å². The molecule has 238 valence electrons. The summed E-state index contributed by atoms with van der Waals surface area (Å²) in [5.41, 5.74) is 3.51. The number of carbonyl (C=O) groups is 1. The lowest BCUT2D eigenvalue weighted by molar-refractivity contribution is -0.141. The molecule has 1 aromatic heterocycles. The van der Waals surface area contributed by atoms with Crippen LogP contribution < -0.4 is 9.47 Å². The van der Waals surface area contributed by atoms with Gasteiger partial charge in [-0.05, 0) is 37.3 Å². The van der Waals surface area contributed by atoms with E-state index in [1.807, 2.05) is 6.92 Å². The number of hydrogen-bond acceptors (Lipinski definition) is 8. The highest BCUT2D eigenvalue weighted by molar-refractivity contribution is 5.79. The number of piperazine rings is 2. The predicted octanol–water partition coefficient (Wildman–Crippen LogP) is 4.33. The average Bonchev–Trinajstić information content (AvgIpc) is 3.79. The number of nitrogens with zero attached hydrogens (tertiary/aromatic N) is 5. The van der Waals surface area contributed by atoms with Crippen LogP contribution in [0.4, 0.5) is 0 Å². The monoisotopic (exact) mass is 611 g/mol. The van der Waals surface area contributed by atoms with Crippen LogP contribution in [0, 0.1) is 5.92 Å². The molecule has 0 radical (unpaired) electrons. The van der Waals surface area contributed by atoms with Gasteiger partial charge in [-0.25, -0.2) is 0 Å². The third-order valence-electron chi connectivity index (χ3n) is 9.91. The number of carbonyl (C=O) groups excluding carboxylic acids is 1. The van der Waals surface area contributed by atoms with Crippen LogP contribution in [0.1, 0.15) is 60.5 Å².